The van der Waals surface area contributed by atoms with Gasteiger partial charge < -0.3 is 24.3 Å². The van der Waals surface area contributed by atoms with E-state index in [1.807, 2.05) is 31.2 Å². The zero-order valence-corrected chi connectivity index (χ0v) is 20.6. The van der Waals surface area contributed by atoms with Crippen molar-refractivity contribution in [1.82, 2.24) is 4.98 Å². The molecule has 1 fully saturated rings. The number of Topliss-reactive ketones (excluding diaryl/α,β-unsaturated/α-hetero) is 1. The number of carbonyl (C=O) groups excluding carboxylic acids is 2. The summed E-state index contributed by atoms with van der Waals surface area (Å²) in [5, 5.41) is 12.5. The van der Waals surface area contributed by atoms with Crippen LogP contribution < -0.4 is 19.1 Å². The quantitative estimate of drug-likeness (QED) is 0.206. The lowest BCUT2D eigenvalue weighted by Gasteiger charge is -2.25. The van der Waals surface area contributed by atoms with Crippen LogP contribution in [0.3, 0.4) is 0 Å². The number of aliphatic hydroxyl groups is 1. The monoisotopic (exact) mass is 498 g/mol. The maximum absolute atomic E-state index is 13.6. The molecule has 5 rings (SSSR count). The molecule has 1 aromatic heterocycles. The first kappa shape index (κ1) is 24.0. The molecule has 8 nitrogen and oxygen atoms in total. The molecule has 1 amide bonds. The minimum Gasteiger partial charge on any atom is -0.506 e. The Morgan fingerprint density at radius 3 is 2.38 bits per heavy atom. The first-order valence-electron chi connectivity index (χ1n) is 11.8. The van der Waals surface area contributed by atoms with E-state index in [0.717, 1.165) is 10.9 Å². The third-order valence-corrected chi connectivity index (χ3v) is 6.43. The lowest BCUT2D eigenvalue weighted by atomic mass is 9.94. The molecular weight excluding hydrogens is 472 g/mol. The summed E-state index contributed by atoms with van der Waals surface area (Å²) >= 11 is 0. The van der Waals surface area contributed by atoms with Gasteiger partial charge in [0, 0.05) is 34.4 Å². The molecule has 2 heterocycles. The lowest BCUT2D eigenvalue weighted by Crippen LogP contribution is -2.29. The molecule has 0 radical (unpaired) electrons. The second kappa shape index (κ2) is 9.73. The number of nitrogens with one attached hydrogen (secondary N) is 1. The predicted molar refractivity (Wildman–Crippen MR) is 140 cm³/mol. The Kier molecular flexibility index (Phi) is 6.31. The second-order valence-electron chi connectivity index (χ2n) is 8.43. The molecule has 0 spiro atoms. The second-order valence-corrected chi connectivity index (χ2v) is 8.43. The van der Waals surface area contributed by atoms with E-state index in [2.05, 4.69) is 4.98 Å². The Balaban J connectivity index is 1.80. The largest absolute Gasteiger partial charge is 0.506 e. The van der Waals surface area contributed by atoms with Crippen LogP contribution in [0.1, 0.15) is 24.1 Å². The van der Waals surface area contributed by atoms with Gasteiger partial charge in [0.1, 0.15) is 28.6 Å². The molecule has 1 atom stereocenters. The summed E-state index contributed by atoms with van der Waals surface area (Å²) in [5.41, 5.74) is 2.08. The maximum Gasteiger partial charge on any atom is 0.300 e. The van der Waals surface area contributed by atoms with Crippen molar-refractivity contribution in [1.29, 1.82) is 0 Å². The van der Waals surface area contributed by atoms with Gasteiger partial charge in [0.15, 0.2) is 0 Å². The smallest absolute Gasteiger partial charge is 0.300 e. The molecule has 1 aliphatic heterocycles. The van der Waals surface area contributed by atoms with Gasteiger partial charge in [-0.1, -0.05) is 30.3 Å². The first-order chi connectivity index (χ1) is 18.0. The predicted octanol–water partition coefficient (Wildman–Crippen LogP) is 5.21. The Labute approximate surface area is 213 Å². The average molecular weight is 499 g/mol. The van der Waals surface area contributed by atoms with Gasteiger partial charge in [-0.15, -0.1) is 0 Å². The third kappa shape index (κ3) is 3.96. The third-order valence-electron chi connectivity index (χ3n) is 6.43. The molecular formula is C29H26N2O6. The van der Waals surface area contributed by atoms with E-state index in [4.69, 9.17) is 14.2 Å². The number of hydrogen-bond donors (Lipinski definition) is 2. The topological polar surface area (TPSA) is 101 Å². The van der Waals surface area contributed by atoms with Crippen molar-refractivity contribution in [2.45, 2.75) is 13.0 Å². The minimum atomic E-state index is -0.928. The Morgan fingerprint density at radius 2 is 1.68 bits per heavy atom. The van der Waals surface area contributed by atoms with E-state index in [0.29, 0.717) is 35.1 Å². The van der Waals surface area contributed by atoms with Gasteiger partial charge in [0.2, 0.25) is 0 Å². The Hall–Kier alpha value is -4.72. The van der Waals surface area contributed by atoms with E-state index < -0.39 is 17.7 Å². The molecule has 2 N–H and O–H groups in total. The van der Waals surface area contributed by atoms with Crippen LogP contribution in [0.15, 0.2) is 78.5 Å². The van der Waals surface area contributed by atoms with Crippen LogP contribution in [-0.2, 0) is 9.59 Å². The fraction of sp³-hybridized carbons (Fsp3) is 0.172. The molecule has 4 aromatic rings. The van der Waals surface area contributed by atoms with Crippen molar-refractivity contribution in [3.63, 3.8) is 0 Å². The summed E-state index contributed by atoms with van der Waals surface area (Å²) in [6.07, 6.45) is 1.76. The highest BCUT2D eigenvalue weighted by Gasteiger charge is 2.48. The number of aromatic nitrogens is 1. The first-order valence-corrected chi connectivity index (χ1v) is 11.8. The summed E-state index contributed by atoms with van der Waals surface area (Å²) in [6, 6.07) is 18.7. The molecule has 8 heteroatoms. The van der Waals surface area contributed by atoms with Crippen molar-refractivity contribution >= 4 is 34.0 Å². The lowest BCUT2D eigenvalue weighted by molar-refractivity contribution is -0.132. The molecule has 0 aliphatic carbocycles. The molecule has 0 saturated carbocycles. The fourth-order valence-corrected chi connectivity index (χ4v) is 4.82. The summed E-state index contributed by atoms with van der Waals surface area (Å²) in [6.45, 7) is 2.31. The number of anilines is 1. The SMILES string of the molecule is CCOc1cccc(N2C(=O)C(=O)/C(=C(/O)c3c(OC)cccc3OC)C2c2c[nH]c3ccccc23)c1. The molecule has 188 valence electrons. The van der Waals surface area contributed by atoms with Crippen LogP contribution >= 0.6 is 0 Å². The number of ether oxygens (including phenoxy) is 3. The number of nitrogens with zero attached hydrogens (tertiary/aromatic N) is 1. The van der Waals surface area contributed by atoms with E-state index in [-0.39, 0.29) is 16.9 Å². The number of aliphatic hydroxyl groups excluding tert-OH is 1. The van der Waals surface area contributed by atoms with Crippen molar-refractivity contribution < 1.29 is 28.9 Å². The number of hydrogen-bond acceptors (Lipinski definition) is 6. The van der Waals surface area contributed by atoms with Gasteiger partial charge in [-0.05, 0) is 37.3 Å². The number of ketones is 1. The molecule has 1 unspecified atom stereocenters. The van der Waals surface area contributed by atoms with Gasteiger partial charge in [0.05, 0.1) is 32.4 Å². The number of fused-ring (bicyclic) bond motifs is 1. The Morgan fingerprint density at radius 1 is 0.973 bits per heavy atom. The highest BCUT2D eigenvalue weighted by molar-refractivity contribution is 6.52. The highest BCUT2D eigenvalue weighted by Crippen LogP contribution is 2.46. The number of carbonyl (C=O) groups is 2. The average Bonchev–Trinajstić information content (AvgIpc) is 3.46. The number of amides is 1. The number of aromatic amines is 1. The summed E-state index contributed by atoms with van der Waals surface area (Å²) < 4.78 is 16.6. The fourth-order valence-electron chi connectivity index (χ4n) is 4.82. The van der Waals surface area contributed by atoms with Crippen LogP contribution in [0.5, 0.6) is 17.2 Å². The van der Waals surface area contributed by atoms with Crippen molar-refractivity contribution in [2.75, 3.05) is 25.7 Å². The summed E-state index contributed by atoms with van der Waals surface area (Å²) in [4.78, 5) is 31.8. The minimum absolute atomic E-state index is 0.0700. The van der Waals surface area contributed by atoms with Crippen molar-refractivity contribution in [3.8, 4) is 17.2 Å². The number of benzene rings is 3. The van der Waals surface area contributed by atoms with Crippen LogP contribution in [-0.4, -0.2) is 42.6 Å². The highest BCUT2D eigenvalue weighted by atomic mass is 16.5. The van der Waals surface area contributed by atoms with Gasteiger partial charge in [0.25, 0.3) is 11.7 Å². The van der Waals surface area contributed by atoms with Crippen LogP contribution in [0.25, 0.3) is 16.7 Å². The number of methoxy groups -OCH3 is 2. The van der Waals surface area contributed by atoms with Crippen LogP contribution in [0.4, 0.5) is 5.69 Å². The Bertz CT molecular complexity index is 1510. The van der Waals surface area contributed by atoms with Gasteiger partial charge >= 0.3 is 0 Å². The van der Waals surface area contributed by atoms with E-state index in [1.165, 1.54) is 19.1 Å². The van der Waals surface area contributed by atoms with E-state index in [1.54, 1.807) is 48.7 Å². The summed E-state index contributed by atoms with van der Waals surface area (Å²) in [5.74, 6) is -0.794. The van der Waals surface area contributed by atoms with Crippen molar-refractivity contribution in [2.24, 2.45) is 0 Å². The molecule has 1 aliphatic rings. The van der Waals surface area contributed by atoms with Gasteiger partial charge in [-0.25, -0.2) is 0 Å². The number of H-pyrrole nitrogens is 1. The van der Waals surface area contributed by atoms with E-state index >= 15 is 0 Å². The molecule has 0 bridgehead atoms. The number of para-hydroxylation sites is 1. The molecule has 1 saturated heterocycles. The van der Waals surface area contributed by atoms with Crippen LogP contribution in [0.2, 0.25) is 0 Å². The van der Waals surface area contributed by atoms with Crippen LogP contribution in [0, 0.1) is 0 Å². The summed E-state index contributed by atoms with van der Waals surface area (Å²) in [7, 11) is 2.92. The molecule has 3 aromatic carbocycles. The van der Waals surface area contributed by atoms with Crippen molar-refractivity contribution in [3.05, 3.63) is 89.6 Å². The van der Waals surface area contributed by atoms with Gasteiger partial charge in [-0.2, -0.15) is 0 Å². The molecule has 37 heavy (non-hydrogen) atoms. The van der Waals surface area contributed by atoms with Gasteiger partial charge in [-0.3, -0.25) is 14.5 Å². The zero-order valence-electron chi connectivity index (χ0n) is 20.6. The number of rotatable bonds is 7. The maximum atomic E-state index is 13.6. The zero-order chi connectivity index (χ0) is 26.1. The van der Waals surface area contributed by atoms with E-state index in [9.17, 15) is 14.7 Å². The normalized spacial score (nSPS) is 16.8. The standard InChI is InChI=1S/C29H26N2O6/c1-4-37-18-10-7-9-17(15-18)31-26(20-16-30-21-12-6-5-11-19(20)21)25(28(33)29(31)34)27(32)24-22(35-2)13-8-14-23(24)36-3/h5-16,26,30,32H,4H2,1-3H3/b27-25+.